The van der Waals surface area contributed by atoms with Gasteiger partial charge in [0.1, 0.15) is 12.4 Å². The monoisotopic (exact) mass is 255 g/mol. The van der Waals surface area contributed by atoms with Gasteiger partial charge >= 0.3 is 5.97 Å². The van der Waals surface area contributed by atoms with Crippen LogP contribution in [0.5, 0.6) is 5.75 Å². The number of hydrogen-bond donors (Lipinski definition) is 1. The van der Waals surface area contributed by atoms with Gasteiger partial charge in [-0.25, -0.2) is 4.79 Å². The molecule has 98 valence electrons. The zero-order valence-electron chi connectivity index (χ0n) is 9.95. The van der Waals surface area contributed by atoms with Crippen molar-refractivity contribution in [3.05, 3.63) is 34.4 Å². The van der Waals surface area contributed by atoms with E-state index in [1.165, 1.54) is 31.2 Å². The minimum Gasteiger partial charge on any atom is -0.490 e. The number of ether oxygens (including phenoxy) is 2. The van der Waals surface area contributed by atoms with Crippen LogP contribution in [-0.2, 0) is 9.53 Å². The predicted octanol–water partition coefficient (Wildman–Crippen LogP) is 0.898. The first-order chi connectivity index (χ1) is 8.36. The highest BCUT2D eigenvalue weighted by molar-refractivity contribution is 5.78. The Labute approximate surface area is 103 Å². The number of carbonyl (C=O) groups is 1. The fraction of sp³-hybridized carbons (Fsp3) is 0.364. The second-order valence-electron chi connectivity index (χ2n) is 3.81. The summed E-state index contributed by atoms with van der Waals surface area (Å²) in [6.07, 6.45) is 0. The number of rotatable bonds is 5. The molecular formula is C11H13NO6. The third-order valence-electron chi connectivity index (χ3n) is 2.17. The lowest BCUT2D eigenvalue weighted by Gasteiger charge is -2.20. The number of aliphatic hydroxyl groups is 1. The van der Waals surface area contributed by atoms with Crippen molar-refractivity contribution in [2.24, 2.45) is 0 Å². The lowest BCUT2D eigenvalue weighted by atomic mass is 10.1. The van der Waals surface area contributed by atoms with E-state index in [9.17, 15) is 20.0 Å². The van der Waals surface area contributed by atoms with E-state index in [-0.39, 0.29) is 18.0 Å². The molecule has 7 heteroatoms. The van der Waals surface area contributed by atoms with Gasteiger partial charge in [-0.2, -0.15) is 0 Å². The Kier molecular flexibility index (Phi) is 4.22. The third kappa shape index (κ3) is 3.42. The van der Waals surface area contributed by atoms with Crippen molar-refractivity contribution >= 4 is 11.7 Å². The fourth-order valence-electron chi connectivity index (χ4n) is 1.19. The molecule has 0 amide bonds. The minimum atomic E-state index is -1.81. The van der Waals surface area contributed by atoms with Crippen molar-refractivity contribution in [3.63, 3.8) is 0 Å². The molecular weight excluding hydrogens is 242 g/mol. The van der Waals surface area contributed by atoms with Crippen molar-refractivity contribution in [1.82, 2.24) is 0 Å². The zero-order chi connectivity index (χ0) is 13.8. The number of nitrogens with zero attached hydrogens (tertiary/aromatic N) is 1. The summed E-state index contributed by atoms with van der Waals surface area (Å²) in [4.78, 5) is 21.1. The standard InChI is InChI=1S/C11H13NO6/c1-11(14,10(13)17-2)7-18-9-5-3-4-8(6-9)12(15)16/h3-6,14H,7H2,1-2H3. The van der Waals surface area contributed by atoms with Crippen LogP contribution in [0, 0.1) is 10.1 Å². The molecule has 0 aromatic heterocycles. The molecule has 0 bridgehead atoms. The SMILES string of the molecule is COC(=O)C(C)(O)COc1cccc([N+](=O)[O-])c1. The van der Waals surface area contributed by atoms with Gasteiger partial charge in [0.05, 0.1) is 18.1 Å². The van der Waals surface area contributed by atoms with Crippen molar-refractivity contribution in [2.45, 2.75) is 12.5 Å². The normalized spacial score (nSPS) is 13.5. The molecule has 1 atom stereocenters. The molecule has 7 nitrogen and oxygen atoms in total. The van der Waals surface area contributed by atoms with E-state index in [0.29, 0.717) is 0 Å². The van der Waals surface area contributed by atoms with Crippen LogP contribution in [0.4, 0.5) is 5.69 Å². The Hall–Kier alpha value is -2.15. The van der Waals surface area contributed by atoms with Crippen molar-refractivity contribution in [3.8, 4) is 5.75 Å². The molecule has 0 radical (unpaired) electrons. The number of nitro groups is 1. The Morgan fingerprint density at radius 3 is 2.78 bits per heavy atom. The van der Waals surface area contributed by atoms with E-state index >= 15 is 0 Å². The highest BCUT2D eigenvalue weighted by Gasteiger charge is 2.32. The molecule has 0 heterocycles. The number of esters is 1. The number of carbonyl (C=O) groups excluding carboxylic acids is 1. The van der Waals surface area contributed by atoms with Gasteiger partial charge in [-0.1, -0.05) is 6.07 Å². The van der Waals surface area contributed by atoms with Crippen LogP contribution < -0.4 is 4.74 Å². The van der Waals surface area contributed by atoms with Crippen molar-refractivity contribution in [1.29, 1.82) is 0 Å². The van der Waals surface area contributed by atoms with Gasteiger partial charge in [0.25, 0.3) is 5.69 Å². The van der Waals surface area contributed by atoms with Gasteiger partial charge in [0.2, 0.25) is 0 Å². The molecule has 0 aliphatic carbocycles. The van der Waals surface area contributed by atoms with E-state index in [1.807, 2.05) is 0 Å². The molecule has 0 fully saturated rings. The molecule has 0 spiro atoms. The first-order valence-corrected chi connectivity index (χ1v) is 5.05. The first kappa shape index (κ1) is 13.9. The number of hydrogen-bond acceptors (Lipinski definition) is 6. The topological polar surface area (TPSA) is 98.9 Å². The van der Waals surface area contributed by atoms with Gasteiger partial charge in [-0.15, -0.1) is 0 Å². The molecule has 1 N–H and O–H groups in total. The maximum atomic E-state index is 11.2. The van der Waals surface area contributed by atoms with Crippen LogP contribution in [0.2, 0.25) is 0 Å². The van der Waals surface area contributed by atoms with Gasteiger partial charge in [-0.05, 0) is 13.0 Å². The largest absolute Gasteiger partial charge is 0.490 e. The Morgan fingerprint density at radius 1 is 1.56 bits per heavy atom. The quantitative estimate of drug-likeness (QED) is 0.476. The van der Waals surface area contributed by atoms with Crippen LogP contribution in [0.3, 0.4) is 0 Å². The van der Waals surface area contributed by atoms with E-state index in [0.717, 1.165) is 7.11 Å². The van der Waals surface area contributed by atoms with Crippen LogP contribution in [0.1, 0.15) is 6.92 Å². The smallest absolute Gasteiger partial charge is 0.341 e. The van der Waals surface area contributed by atoms with Gasteiger partial charge < -0.3 is 14.6 Å². The average molecular weight is 255 g/mol. The van der Waals surface area contributed by atoms with E-state index in [4.69, 9.17) is 4.74 Å². The third-order valence-corrected chi connectivity index (χ3v) is 2.17. The van der Waals surface area contributed by atoms with Crippen LogP contribution in [-0.4, -0.2) is 35.3 Å². The van der Waals surface area contributed by atoms with Crippen molar-refractivity contribution in [2.75, 3.05) is 13.7 Å². The molecule has 0 saturated carbocycles. The summed E-state index contributed by atoms with van der Waals surface area (Å²) in [6, 6.07) is 5.44. The highest BCUT2D eigenvalue weighted by atomic mass is 16.6. The molecule has 1 aromatic carbocycles. The van der Waals surface area contributed by atoms with Gasteiger partial charge in [-0.3, -0.25) is 10.1 Å². The van der Waals surface area contributed by atoms with Crippen LogP contribution >= 0.6 is 0 Å². The fourth-order valence-corrected chi connectivity index (χ4v) is 1.19. The van der Waals surface area contributed by atoms with E-state index in [1.54, 1.807) is 0 Å². The lowest BCUT2D eigenvalue weighted by molar-refractivity contribution is -0.384. The van der Waals surface area contributed by atoms with Crippen LogP contribution in [0.25, 0.3) is 0 Å². The average Bonchev–Trinajstić information content (AvgIpc) is 2.35. The number of non-ortho nitro benzene ring substituents is 1. The minimum absolute atomic E-state index is 0.134. The molecule has 0 aliphatic heterocycles. The molecule has 18 heavy (non-hydrogen) atoms. The Morgan fingerprint density at radius 2 is 2.22 bits per heavy atom. The van der Waals surface area contributed by atoms with Gasteiger partial charge in [0.15, 0.2) is 5.60 Å². The van der Waals surface area contributed by atoms with Crippen LogP contribution in [0.15, 0.2) is 24.3 Å². The molecule has 1 aromatic rings. The summed E-state index contributed by atoms with van der Waals surface area (Å²) in [5.74, 6) is -0.652. The summed E-state index contributed by atoms with van der Waals surface area (Å²) >= 11 is 0. The summed E-state index contributed by atoms with van der Waals surface area (Å²) < 4.78 is 9.52. The zero-order valence-corrected chi connectivity index (χ0v) is 9.95. The Balaban J connectivity index is 2.72. The summed E-state index contributed by atoms with van der Waals surface area (Å²) in [7, 11) is 1.14. The Bertz CT molecular complexity index is 457. The number of nitro benzene ring substituents is 1. The summed E-state index contributed by atoms with van der Waals surface area (Å²) in [5, 5.41) is 20.2. The van der Waals surface area contributed by atoms with Gasteiger partial charge in [0, 0.05) is 6.07 Å². The predicted molar refractivity (Wildman–Crippen MR) is 61.2 cm³/mol. The van der Waals surface area contributed by atoms with E-state index < -0.39 is 16.5 Å². The lowest BCUT2D eigenvalue weighted by Crippen LogP contribution is -2.42. The number of methoxy groups -OCH3 is 1. The molecule has 1 unspecified atom stereocenters. The second-order valence-corrected chi connectivity index (χ2v) is 3.81. The second kappa shape index (κ2) is 5.46. The first-order valence-electron chi connectivity index (χ1n) is 5.05. The maximum Gasteiger partial charge on any atom is 0.341 e. The molecule has 0 saturated heterocycles. The summed E-state index contributed by atoms with van der Waals surface area (Å²) in [5.41, 5.74) is -1.94. The molecule has 0 aliphatic rings. The number of benzene rings is 1. The molecule has 1 rings (SSSR count). The highest BCUT2D eigenvalue weighted by Crippen LogP contribution is 2.20. The maximum absolute atomic E-state index is 11.2. The van der Waals surface area contributed by atoms with Crippen molar-refractivity contribution < 1.29 is 24.3 Å². The summed E-state index contributed by atoms with van der Waals surface area (Å²) in [6.45, 7) is 0.872. The van der Waals surface area contributed by atoms with E-state index in [2.05, 4.69) is 4.74 Å².